The minimum atomic E-state index is -0.792. The Bertz CT molecular complexity index is 894. The maximum atomic E-state index is 13.1. The molecule has 4 aliphatic carbocycles. The van der Waals surface area contributed by atoms with Crippen LogP contribution in [0.4, 0.5) is 5.69 Å². The molecule has 0 radical (unpaired) electrons. The monoisotopic (exact) mass is 377 g/mol. The Kier molecular flexibility index (Phi) is 4.18. The zero-order chi connectivity index (χ0) is 19.3. The molecule has 4 aliphatic rings. The quantitative estimate of drug-likeness (QED) is 0.769. The van der Waals surface area contributed by atoms with Gasteiger partial charge in [0, 0.05) is 11.1 Å². The molecule has 4 nitrogen and oxygen atoms in total. The van der Waals surface area contributed by atoms with Crippen molar-refractivity contribution in [1.82, 2.24) is 0 Å². The standard InChI is InChI=1S/C24H27NO3/c1-15(22(26)25-21-8-4-6-19-5-2-3-7-20(19)21)28-23(27)24-12-16-9-17(13-24)11-18(10-16)14-24/h2-8,15-18H,9-14H2,1H3,(H,25,26)/t15-,16?,17?,18?,24?/m1/s1. The Morgan fingerprint density at radius 3 is 2.25 bits per heavy atom. The van der Waals surface area contributed by atoms with E-state index in [0.717, 1.165) is 35.7 Å². The van der Waals surface area contributed by atoms with Gasteiger partial charge >= 0.3 is 5.97 Å². The van der Waals surface area contributed by atoms with Crippen molar-refractivity contribution in [2.24, 2.45) is 23.2 Å². The lowest BCUT2D eigenvalue weighted by atomic mass is 9.49. The number of amides is 1. The van der Waals surface area contributed by atoms with Crippen molar-refractivity contribution in [3.8, 4) is 0 Å². The van der Waals surface area contributed by atoms with Gasteiger partial charge in [0.25, 0.3) is 5.91 Å². The van der Waals surface area contributed by atoms with Gasteiger partial charge in [0.15, 0.2) is 6.10 Å². The average Bonchev–Trinajstić information content (AvgIpc) is 2.67. The molecule has 1 N–H and O–H groups in total. The fraction of sp³-hybridized carbons (Fsp3) is 0.500. The van der Waals surface area contributed by atoms with Gasteiger partial charge in [-0.25, -0.2) is 0 Å². The van der Waals surface area contributed by atoms with E-state index in [4.69, 9.17) is 4.74 Å². The molecule has 2 aromatic carbocycles. The van der Waals surface area contributed by atoms with Gasteiger partial charge in [-0.05, 0) is 74.7 Å². The first-order valence-corrected chi connectivity index (χ1v) is 10.5. The SMILES string of the molecule is C[C@@H](OC(=O)C12CC3CC(CC(C3)C1)C2)C(=O)Nc1cccc2ccccc12. The zero-order valence-electron chi connectivity index (χ0n) is 16.3. The van der Waals surface area contributed by atoms with Gasteiger partial charge in [-0.1, -0.05) is 36.4 Å². The first-order valence-electron chi connectivity index (χ1n) is 10.5. The molecule has 2 aromatic rings. The normalized spacial score (nSPS) is 31.5. The van der Waals surface area contributed by atoms with Crippen molar-refractivity contribution < 1.29 is 14.3 Å². The molecule has 0 aromatic heterocycles. The van der Waals surface area contributed by atoms with Crippen LogP contribution in [0.3, 0.4) is 0 Å². The highest BCUT2D eigenvalue weighted by atomic mass is 16.5. The molecule has 4 bridgehead atoms. The molecule has 4 saturated carbocycles. The van der Waals surface area contributed by atoms with Crippen LogP contribution in [0.15, 0.2) is 42.5 Å². The van der Waals surface area contributed by atoms with E-state index >= 15 is 0 Å². The minimum absolute atomic E-state index is 0.146. The average molecular weight is 377 g/mol. The summed E-state index contributed by atoms with van der Waals surface area (Å²) in [4.78, 5) is 25.8. The number of carbonyl (C=O) groups is 2. The number of ether oxygens (including phenoxy) is 1. The lowest BCUT2D eigenvalue weighted by molar-refractivity contribution is -0.177. The molecule has 0 spiro atoms. The summed E-state index contributed by atoms with van der Waals surface area (Å²) in [5.41, 5.74) is 0.420. The molecule has 28 heavy (non-hydrogen) atoms. The maximum Gasteiger partial charge on any atom is 0.312 e. The molecule has 146 valence electrons. The molecule has 1 amide bonds. The van der Waals surface area contributed by atoms with Crippen LogP contribution in [-0.4, -0.2) is 18.0 Å². The number of hydrogen-bond acceptors (Lipinski definition) is 3. The van der Waals surface area contributed by atoms with Gasteiger partial charge in [0.05, 0.1) is 5.41 Å². The fourth-order valence-corrected chi connectivity index (χ4v) is 6.27. The number of rotatable bonds is 4. The van der Waals surface area contributed by atoms with E-state index in [1.807, 2.05) is 42.5 Å². The fourth-order valence-electron chi connectivity index (χ4n) is 6.27. The van der Waals surface area contributed by atoms with Gasteiger partial charge in [0.1, 0.15) is 0 Å². The van der Waals surface area contributed by atoms with Crippen molar-refractivity contribution in [1.29, 1.82) is 0 Å². The van der Waals surface area contributed by atoms with E-state index < -0.39 is 6.10 Å². The molecule has 0 aliphatic heterocycles. The third-order valence-electron chi connectivity index (χ3n) is 7.17. The summed E-state index contributed by atoms with van der Waals surface area (Å²) in [5, 5.41) is 5.00. The predicted octanol–water partition coefficient (Wildman–Crippen LogP) is 4.93. The second-order valence-electron chi connectivity index (χ2n) is 9.26. The van der Waals surface area contributed by atoms with Crippen LogP contribution in [0.25, 0.3) is 10.8 Å². The summed E-state index contributed by atoms with van der Waals surface area (Å²) in [6.45, 7) is 1.68. The van der Waals surface area contributed by atoms with Crippen LogP contribution < -0.4 is 5.32 Å². The van der Waals surface area contributed by atoms with Gasteiger partial charge in [0.2, 0.25) is 0 Å². The van der Waals surface area contributed by atoms with Gasteiger partial charge in [-0.15, -0.1) is 0 Å². The van der Waals surface area contributed by atoms with Gasteiger partial charge < -0.3 is 10.1 Å². The van der Waals surface area contributed by atoms with E-state index in [1.54, 1.807) is 6.92 Å². The summed E-state index contributed by atoms with van der Waals surface area (Å²) in [6.07, 6.45) is 5.91. The third kappa shape index (κ3) is 2.99. The van der Waals surface area contributed by atoms with Crippen LogP contribution in [0.5, 0.6) is 0 Å². The Hall–Kier alpha value is -2.36. The molecule has 1 atom stereocenters. The molecule has 0 unspecified atom stereocenters. The highest BCUT2D eigenvalue weighted by Gasteiger charge is 2.55. The smallest absolute Gasteiger partial charge is 0.312 e. The summed E-state index contributed by atoms with van der Waals surface area (Å²) in [5.74, 6) is 1.62. The number of anilines is 1. The predicted molar refractivity (Wildman–Crippen MR) is 109 cm³/mol. The molecular weight excluding hydrogens is 350 g/mol. The summed E-state index contributed by atoms with van der Waals surface area (Å²) >= 11 is 0. The highest BCUT2D eigenvalue weighted by molar-refractivity contribution is 6.03. The largest absolute Gasteiger partial charge is 0.452 e. The zero-order valence-corrected chi connectivity index (χ0v) is 16.3. The van der Waals surface area contributed by atoms with E-state index in [2.05, 4.69) is 5.32 Å². The number of fused-ring (bicyclic) bond motifs is 1. The third-order valence-corrected chi connectivity index (χ3v) is 7.17. The molecule has 0 saturated heterocycles. The van der Waals surface area contributed by atoms with E-state index in [0.29, 0.717) is 17.8 Å². The number of hydrogen-bond donors (Lipinski definition) is 1. The number of esters is 1. The number of benzene rings is 2. The second kappa shape index (κ2) is 6.61. The van der Waals surface area contributed by atoms with Crippen LogP contribution in [-0.2, 0) is 14.3 Å². The Morgan fingerprint density at radius 2 is 1.57 bits per heavy atom. The lowest BCUT2D eigenvalue weighted by Gasteiger charge is -2.55. The molecule has 6 rings (SSSR count). The molecule has 0 heterocycles. The minimum Gasteiger partial charge on any atom is -0.452 e. The van der Waals surface area contributed by atoms with Crippen molar-refractivity contribution in [2.45, 2.75) is 51.6 Å². The van der Waals surface area contributed by atoms with Crippen LogP contribution >= 0.6 is 0 Å². The topological polar surface area (TPSA) is 55.4 Å². The van der Waals surface area contributed by atoms with Crippen LogP contribution in [0, 0.1) is 23.2 Å². The summed E-state index contributed by atoms with van der Waals surface area (Å²) < 4.78 is 5.73. The second-order valence-corrected chi connectivity index (χ2v) is 9.26. The maximum absolute atomic E-state index is 13.1. The van der Waals surface area contributed by atoms with Gasteiger partial charge in [-0.2, -0.15) is 0 Å². The number of carbonyl (C=O) groups excluding carboxylic acids is 2. The van der Waals surface area contributed by atoms with Crippen LogP contribution in [0.1, 0.15) is 45.4 Å². The first-order chi connectivity index (χ1) is 13.5. The molecule has 4 fully saturated rings. The number of nitrogens with one attached hydrogen (secondary N) is 1. The Balaban J connectivity index is 1.28. The van der Waals surface area contributed by atoms with Crippen molar-refractivity contribution in [3.05, 3.63) is 42.5 Å². The Labute approximate surface area is 165 Å². The molecular formula is C24H27NO3. The van der Waals surface area contributed by atoms with E-state index in [9.17, 15) is 9.59 Å². The highest BCUT2D eigenvalue weighted by Crippen LogP contribution is 2.60. The van der Waals surface area contributed by atoms with Crippen molar-refractivity contribution in [2.75, 3.05) is 5.32 Å². The van der Waals surface area contributed by atoms with Crippen LogP contribution in [0.2, 0.25) is 0 Å². The Morgan fingerprint density at radius 1 is 0.964 bits per heavy atom. The summed E-state index contributed by atoms with van der Waals surface area (Å²) in [6, 6.07) is 13.7. The van der Waals surface area contributed by atoms with Crippen molar-refractivity contribution >= 4 is 28.3 Å². The summed E-state index contributed by atoms with van der Waals surface area (Å²) in [7, 11) is 0. The molecule has 4 heteroatoms. The lowest BCUT2D eigenvalue weighted by Crippen LogP contribution is -2.51. The first kappa shape index (κ1) is 17.7. The van der Waals surface area contributed by atoms with Crippen molar-refractivity contribution in [3.63, 3.8) is 0 Å². The van der Waals surface area contributed by atoms with Gasteiger partial charge in [-0.3, -0.25) is 9.59 Å². The van der Waals surface area contributed by atoms with E-state index in [1.165, 1.54) is 19.3 Å². The van der Waals surface area contributed by atoms with E-state index in [-0.39, 0.29) is 17.3 Å².